The smallest absolute Gasteiger partial charge is 0.329 e. The second-order valence-corrected chi connectivity index (χ2v) is 10.5. The fourth-order valence-electron chi connectivity index (χ4n) is 5.02. The third-order valence-corrected chi connectivity index (χ3v) is 7.12. The number of carbonyl (C=O) groups is 2. The van der Waals surface area contributed by atoms with Crippen molar-refractivity contribution in [2.24, 2.45) is 5.92 Å². The number of amides is 3. The highest BCUT2D eigenvalue weighted by Gasteiger charge is 2.41. The third-order valence-electron chi connectivity index (χ3n) is 7.12. The van der Waals surface area contributed by atoms with Crippen molar-refractivity contribution in [1.82, 2.24) is 15.3 Å². The Bertz CT molecular complexity index is 1200. The first-order valence-corrected chi connectivity index (χ1v) is 12.9. The van der Waals surface area contributed by atoms with Crippen LogP contribution in [0, 0.1) is 5.92 Å². The van der Waals surface area contributed by atoms with Crippen LogP contribution in [-0.2, 0) is 9.47 Å². The number of fused-ring (bicyclic) bond motifs is 4. The number of urea groups is 1. The minimum Gasteiger partial charge on any atom is -0.491 e. The normalized spacial score (nSPS) is 23.5. The summed E-state index contributed by atoms with van der Waals surface area (Å²) in [7, 11) is 0. The summed E-state index contributed by atoms with van der Waals surface area (Å²) in [5.74, 6) is 1.18. The van der Waals surface area contributed by atoms with E-state index < -0.39 is 5.79 Å². The van der Waals surface area contributed by atoms with Crippen molar-refractivity contribution in [3.05, 3.63) is 36.2 Å². The number of hydrogen-bond acceptors (Lipinski definition) is 8. The fraction of sp³-hybridized carbons (Fsp3) is 0.538. The van der Waals surface area contributed by atoms with E-state index in [4.69, 9.17) is 14.2 Å². The lowest BCUT2D eigenvalue weighted by Crippen LogP contribution is -2.48. The summed E-state index contributed by atoms with van der Waals surface area (Å²) in [4.78, 5) is 39.0. The molecular weight excluding hydrogens is 476 g/mol. The predicted octanol–water partition coefficient (Wildman–Crippen LogP) is 2.78. The van der Waals surface area contributed by atoms with E-state index in [9.17, 15) is 9.59 Å². The number of aromatic nitrogens is 2. The van der Waals surface area contributed by atoms with E-state index >= 15 is 0 Å². The molecule has 0 spiro atoms. The SMILES string of the molecule is CC1(C)OC[C@H](COc2ccnc(NC(=O)N3c4nc(C(=O)NCC5CC5)ccc4N4CC[C@H]3C4)c2)O1. The summed E-state index contributed by atoms with van der Waals surface area (Å²) in [6, 6.07) is 6.66. The average Bonchev–Trinajstić information content (AvgIpc) is 3.52. The van der Waals surface area contributed by atoms with Gasteiger partial charge in [0, 0.05) is 31.9 Å². The van der Waals surface area contributed by atoms with Crippen LogP contribution in [0.1, 0.15) is 43.6 Å². The molecule has 1 saturated carbocycles. The zero-order chi connectivity index (χ0) is 25.6. The molecule has 2 N–H and O–H groups in total. The number of rotatable bonds is 7. The molecule has 3 aliphatic heterocycles. The minimum absolute atomic E-state index is 0.0351. The van der Waals surface area contributed by atoms with Gasteiger partial charge in [-0.25, -0.2) is 14.8 Å². The Labute approximate surface area is 215 Å². The van der Waals surface area contributed by atoms with Crippen molar-refractivity contribution in [2.45, 2.75) is 51.0 Å². The third kappa shape index (κ3) is 5.19. The second-order valence-electron chi connectivity index (χ2n) is 10.5. The molecule has 0 aromatic carbocycles. The summed E-state index contributed by atoms with van der Waals surface area (Å²) in [5.41, 5.74) is 1.17. The monoisotopic (exact) mass is 508 g/mol. The molecule has 11 nitrogen and oxygen atoms in total. The van der Waals surface area contributed by atoms with Gasteiger partial charge in [-0.05, 0) is 57.2 Å². The summed E-state index contributed by atoms with van der Waals surface area (Å²) >= 11 is 0. The van der Waals surface area contributed by atoms with Crippen LogP contribution in [0.4, 0.5) is 22.1 Å². The van der Waals surface area contributed by atoms with E-state index in [1.807, 2.05) is 19.9 Å². The first-order valence-electron chi connectivity index (χ1n) is 12.9. The van der Waals surface area contributed by atoms with Crippen LogP contribution < -0.4 is 25.2 Å². The molecule has 3 amide bonds. The van der Waals surface area contributed by atoms with Crippen molar-refractivity contribution in [3.63, 3.8) is 0 Å². The molecule has 11 heteroatoms. The quantitative estimate of drug-likeness (QED) is 0.586. The van der Waals surface area contributed by atoms with Crippen LogP contribution in [-0.4, -0.2) is 72.7 Å². The molecule has 5 heterocycles. The van der Waals surface area contributed by atoms with E-state index in [-0.39, 0.29) is 24.1 Å². The van der Waals surface area contributed by atoms with Gasteiger partial charge in [0.2, 0.25) is 0 Å². The van der Waals surface area contributed by atoms with Crippen molar-refractivity contribution >= 4 is 29.3 Å². The number of carbonyl (C=O) groups excluding carboxylic acids is 2. The van der Waals surface area contributed by atoms with E-state index in [0.717, 1.165) is 38.0 Å². The van der Waals surface area contributed by atoms with Gasteiger partial charge in [0.15, 0.2) is 11.6 Å². The lowest BCUT2D eigenvalue weighted by Gasteiger charge is -2.35. The molecule has 2 saturated heterocycles. The van der Waals surface area contributed by atoms with Crippen LogP contribution in [0.5, 0.6) is 5.75 Å². The van der Waals surface area contributed by atoms with Gasteiger partial charge >= 0.3 is 6.03 Å². The molecule has 2 aromatic rings. The van der Waals surface area contributed by atoms with Gasteiger partial charge in [-0.3, -0.25) is 15.0 Å². The van der Waals surface area contributed by atoms with Crippen LogP contribution >= 0.6 is 0 Å². The number of hydrogen-bond donors (Lipinski definition) is 2. The van der Waals surface area contributed by atoms with Gasteiger partial charge in [0.25, 0.3) is 5.91 Å². The van der Waals surface area contributed by atoms with Gasteiger partial charge < -0.3 is 24.4 Å². The molecule has 2 aromatic heterocycles. The van der Waals surface area contributed by atoms with Crippen molar-refractivity contribution in [2.75, 3.05) is 48.0 Å². The molecule has 3 fully saturated rings. The summed E-state index contributed by atoms with van der Waals surface area (Å²) in [6.45, 7) is 6.75. The standard InChI is InChI=1S/C26H32N6O5/c1-26(2)36-15-19(37-26)14-35-18-7-9-27-22(11-18)30-25(34)32-17-8-10-31(13-17)21-6-5-20(29-23(21)32)24(33)28-12-16-3-4-16/h5-7,9,11,16-17,19H,3-4,8,10,12-15H2,1-2H3,(H,28,33)(H,27,30,34)/t17-,19-/m0/s1. The Morgan fingerprint density at radius 3 is 2.86 bits per heavy atom. The van der Waals surface area contributed by atoms with E-state index in [1.165, 1.54) is 0 Å². The highest BCUT2D eigenvalue weighted by molar-refractivity contribution is 6.05. The van der Waals surface area contributed by atoms with E-state index in [2.05, 4.69) is 25.5 Å². The number of pyridine rings is 2. The molecule has 37 heavy (non-hydrogen) atoms. The molecule has 2 atom stereocenters. The number of anilines is 3. The largest absolute Gasteiger partial charge is 0.491 e. The van der Waals surface area contributed by atoms with Gasteiger partial charge in [0.1, 0.15) is 30.0 Å². The van der Waals surface area contributed by atoms with Gasteiger partial charge in [-0.2, -0.15) is 0 Å². The highest BCUT2D eigenvalue weighted by atomic mass is 16.7. The molecule has 4 aliphatic rings. The van der Waals surface area contributed by atoms with Crippen LogP contribution in [0.25, 0.3) is 0 Å². The van der Waals surface area contributed by atoms with Crippen molar-refractivity contribution < 1.29 is 23.8 Å². The Morgan fingerprint density at radius 1 is 1.22 bits per heavy atom. The Hall–Kier alpha value is -3.44. The number of ether oxygens (including phenoxy) is 3. The lowest BCUT2D eigenvalue weighted by molar-refractivity contribution is -0.141. The predicted molar refractivity (Wildman–Crippen MR) is 136 cm³/mol. The van der Waals surface area contributed by atoms with Crippen LogP contribution in [0.15, 0.2) is 30.5 Å². The van der Waals surface area contributed by atoms with E-state index in [1.54, 1.807) is 29.3 Å². The maximum atomic E-state index is 13.5. The van der Waals surface area contributed by atoms with Crippen LogP contribution in [0.2, 0.25) is 0 Å². The first kappa shape index (κ1) is 23.9. The molecule has 196 valence electrons. The first-order chi connectivity index (χ1) is 17.8. The maximum Gasteiger partial charge on any atom is 0.329 e. The van der Waals surface area contributed by atoms with E-state index in [0.29, 0.717) is 48.8 Å². The zero-order valence-electron chi connectivity index (χ0n) is 21.1. The number of nitrogens with zero attached hydrogens (tertiary/aromatic N) is 4. The highest BCUT2D eigenvalue weighted by Crippen LogP contribution is 2.39. The summed E-state index contributed by atoms with van der Waals surface area (Å²) in [5, 5.41) is 5.85. The fourth-order valence-corrected chi connectivity index (χ4v) is 5.02. The summed E-state index contributed by atoms with van der Waals surface area (Å²) < 4.78 is 17.2. The lowest BCUT2D eigenvalue weighted by atomic mass is 10.1. The molecule has 1 aliphatic carbocycles. The minimum atomic E-state index is -0.613. The van der Waals surface area contributed by atoms with Gasteiger partial charge in [-0.15, -0.1) is 0 Å². The zero-order valence-corrected chi connectivity index (χ0v) is 21.1. The van der Waals surface area contributed by atoms with Crippen LogP contribution in [0.3, 0.4) is 0 Å². The molecule has 0 unspecified atom stereocenters. The maximum absolute atomic E-state index is 13.5. The Morgan fingerprint density at radius 2 is 2.08 bits per heavy atom. The average molecular weight is 509 g/mol. The topological polar surface area (TPSA) is 118 Å². The molecule has 6 rings (SSSR count). The molecule has 2 bridgehead atoms. The molecular formula is C26H32N6O5. The summed E-state index contributed by atoms with van der Waals surface area (Å²) in [6.07, 6.45) is 4.55. The Balaban J connectivity index is 1.16. The Kier molecular flexibility index (Phi) is 6.12. The number of nitrogens with one attached hydrogen (secondary N) is 2. The van der Waals surface area contributed by atoms with Gasteiger partial charge in [-0.1, -0.05) is 0 Å². The second kappa shape index (κ2) is 9.46. The van der Waals surface area contributed by atoms with Gasteiger partial charge in [0.05, 0.1) is 18.3 Å². The molecule has 0 radical (unpaired) electrons. The van der Waals surface area contributed by atoms with Crippen molar-refractivity contribution in [1.29, 1.82) is 0 Å². The van der Waals surface area contributed by atoms with Crippen molar-refractivity contribution in [3.8, 4) is 5.75 Å².